The summed E-state index contributed by atoms with van der Waals surface area (Å²) in [5.41, 5.74) is 0. The molecule has 1 rings (SSSR count). The van der Waals surface area contributed by atoms with E-state index in [4.69, 9.17) is 0 Å². The van der Waals surface area contributed by atoms with E-state index in [2.05, 4.69) is 20.7 Å². The van der Waals surface area contributed by atoms with Gasteiger partial charge in [0.25, 0.3) is 0 Å². The van der Waals surface area contributed by atoms with Crippen LogP contribution in [0, 0.1) is 5.82 Å². The molecule has 6 heteroatoms. The molecule has 1 N–H and O–H groups in total. The van der Waals surface area contributed by atoms with E-state index < -0.39 is 15.8 Å². The fraction of sp³-hybridized carbons (Fsp3) is 0.250. The Morgan fingerprint density at radius 1 is 1.50 bits per heavy atom. The fourth-order valence-electron chi connectivity index (χ4n) is 0.961. The quantitative estimate of drug-likeness (QED) is 0.920. The van der Waals surface area contributed by atoms with Crippen molar-refractivity contribution in [1.82, 2.24) is 4.72 Å². The Kier molecular flexibility index (Phi) is 3.63. The van der Waals surface area contributed by atoms with Gasteiger partial charge in [0.1, 0.15) is 10.7 Å². The predicted molar refractivity (Wildman–Crippen MR) is 55.0 cm³/mol. The molecule has 0 spiro atoms. The Morgan fingerprint density at radius 3 is 2.64 bits per heavy atom. The van der Waals surface area contributed by atoms with Crippen molar-refractivity contribution >= 4 is 26.0 Å². The van der Waals surface area contributed by atoms with Crippen LogP contribution >= 0.6 is 15.9 Å². The lowest BCUT2D eigenvalue weighted by molar-refractivity contribution is 0.558. The highest BCUT2D eigenvalue weighted by molar-refractivity contribution is 9.10. The molecule has 0 bridgehead atoms. The molecule has 0 aromatic heterocycles. The first-order valence-electron chi connectivity index (χ1n) is 3.92. The maximum Gasteiger partial charge on any atom is 0.243 e. The topological polar surface area (TPSA) is 46.2 Å². The van der Waals surface area contributed by atoms with Gasteiger partial charge in [0, 0.05) is 11.0 Å². The van der Waals surface area contributed by atoms with Crippen LogP contribution in [0.4, 0.5) is 4.39 Å². The van der Waals surface area contributed by atoms with E-state index in [0.29, 0.717) is 4.47 Å². The van der Waals surface area contributed by atoms with E-state index in [0.717, 1.165) is 6.07 Å². The Hall–Kier alpha value is -0.460. The zero-order valence-corrected chi connectivity index (χ0v) is 9.82. The third-order valence-electron chi connectivity index (χ3n) is 1.52. The highest BCUT2D eigenvalue weighted by Gasteiger charge is 2.17. The van der Waals surface area contributed by atoms with Gasteiger partial charge in [-0.3, -0.25) is 0 Å². The van der Waals surface area contributed by atoms with Crippen molar-refractivity contribution in [3.63, 3.8) is 0 Å². The number of nitrogens with one attached hydrogen (secondary N) is 1. The summed E-state index contributed by atoms with van der Waals surface area (Å²) in [5, 5.41) is 0. The highest BCUT2D eigenvalue weighted by atomic mass is 79.9. The van der Waals surface area contributed by atoms with Crippen molar-refractivity contribution in [2.24, 2.45) is 0 Å². The summed E-state index contributed by atoms with van der Waals surface area (Å²) in [5.74, 6) is -0.764. The molecule has 0 radical (unpaired) electrons. The third kappa shape index (κ3) is 2.52. The molecule has 0 atom stereocenters. The number of sulfonamides is 1. The maximum absolute atomic E-state index is 13.2. The molecule has 14 heavy (non-hydrogen) atoms. The summed E-state index contributed by atoms with van der Waals surface area (Å²) >= 11 is 3.05. The van der Waals surface area contributed by atoms with Gasteiger partial charge in [0.15, 0.2) is 0 Å². The van der Waals surface area contributed by atoms with Crippen LogP contribution in [-0.2, 0) is 10.0 Å². The van der Waals surface area contributed by atoms with Crippen LogP contribution in [0.25, 0.3) is 0 Å². The first kappa shape index (κ1) is 11.6. The van der Waals surface area contributed by atoms with Crippen molar-refractivity contribution in [2.45, 2.75) is 11.8 Å². The highest BCUT2D eigenvalue weighted by Crippen LogP contribution is 2.18. The molecule has 0 aliphatic rings. The number of benzene rings is 1. The van der Waals surface area contributed by atoms with Crippen molar-refractivity contribution in [1.29, 1.82) is 0 Å². The SMILES string of the molecule is CCNS(=O)(=O)c1ccc(Br)cc1F. The summed E-state index contributed by atoms with van der Waals surface area (Å²) in [7, 11) is -3.70. The molecule has 1 aromatic carbocycles. The predicted octanol–water partition coefficient (Wildman–Crippen LogP) is 1.89. The van der Waals surface area contributed by atoms with Crippen LogP contribution in [0.3, 0.4) is 0 Å². The zero-order chi connectivity index (χ0) is 10.8. The van der Waals surface area contributed by atoms with Crippen LogP contribution in [-0.4, -0.2) is 15.0 Å². The van der Waals surface area contributed by atoms with Gasteiger partial charge in [-0.1, -0.05) is 22.9 Å². The van der Waals surface area contributed by atoms with E-state index >= 15 is 0 Å². The Morgan fingerprint density at radius 2 is 2.14 bits per heavy atom. The molecular weight excluding hydrogens is 273 g/mol. The van der Waals surface area contributed by atoms with Gasteiger partial charge in [-0.2, -0.15) is 0 Å². The molecule has 1 aromatic rings. The van der Waals surface area contributed by atoms with Crippen molar-refractivity contribution < 1.29 is 12.8 Å². The van der Waals surface area contributed by atoms with Crippen molar-refractivity contribution in [3.8, 4) is 0 Å². The second kappa shape index (κ2) is 4.37. The Balaban J connectivity index is 3.20. The lowest BCUT2D eigenvalue weighted by Gasteiger charge is -2.05. The monoisotopic (exact) mass is 281 g/mol. The smallest absolute Gasteiger partial charge is 0.211 e. The zero-order valence-electron chi connectivity index (χ0n) is 7.42. The van der Waals surface area contributed by atoms with Crippen molar-refractivity contribution in [3.05, 3.63) is 28.5 Å². The van der Waals surface area contributed by atoms with E-state index in [1.807, 2.05) is 0 Å². The maximum atomic E-state index is 13.2. The van der Waals surface area contributed by atoms with Crippen LogP contribution in [0.15, 0.2) is 27.6 Å². The van der Waals surface area contributed by atoms with Gasteiger partial charge < -0.3 is 0 Å². The first-order chi connectivity index (χ1) is 6.47. The van der Waals surface area contributed by atoms with Gasteiger partial charge in [0.2, 0.25) is 10.0 Å². The van der Waals surface area contributed by atoms with Crippen LogP contribution in [0.2, 0.25) is 0 Å². The lowest BCUT2D eigenvalue weighted by Crippen LogP contribution is -2.24. The van der Waals surface area contributed by atoms with Crippen LogP contribution < -0.4 is 4.72 Å². The summed E-state index contributed by atoms with van der Waals surface area (Å²) in [4.78, 5) is -0.331. The van der Waals surface area contributed by atoms with Crippen LogP contribution in [0.1, 0.15) is 6.92 Å². The van der Waals surface area contributed by atoms with Gasteiger partial charge in [-0.25, -0.2) is 17.5 Å². The summed E-state index contributed by atoms with van der Waals surface area (Å²) in [6.07, 6.45) is 0. The molecule has 0 fully saturated rings. The average Bonchev–Trinajstić information content (AvgIpc) is 2.02. The molecule has 0 heterocycles. The van der Waals surface area contributed by atoms with Crippen molar-refractivity contribution in [2.75, 3.05) is 6.54 Å². The minimum atomic E-state index is -3.70. The number of hydrogen-bond donors (Lipinski definition) is 1. The lowest BCUT2D eigenvalue weighted by atomic mass is 10.3. The molecule has 0 aliphatic heterocycles. The summed E-state index contributed by atoms with van der Waals surface area (Å²) in [6.45, 7) is 1.87. The number of hydrogen-bond acceptors (Lipinski definition) is 2. The second-order valence-corrected chi connectivity index (χ2v) is 5.23. The Labute approximate surface area is 90.5 Å². The number of rotatable bonds is 3. The molecule has 0 aliphatic carbocycles. The molecular formula is C8H9BrFNO2S. The molecule has 0 saturated carbocycles. The molecule has 0 unspecified atom stereocenters. The van der Waals surface area contributed by atoms with E-state index in [9.17, 15) is 12.8 Å². The second-order valence-electron chi connectivity index (χ2n) is 2.58. The van der Waals surface area contributed by atoms with E-state index in [-0.39, 0.29) is 11.4 Å². The average molecular weight is 282 g/mol. The van der Waals surface area contributed by atoms with E-state index in [1.54, 1.807) is 6.92 Å². The molecule has 0 amide bonds. The minimum Gasteiger partial charge on any atom is -0.211 e. The number of halogens is 2. The molecule has 78 valence electrons. The van der Waals surface area contributed by atoms with Gasteiger partial charge in [0.05, 0.1) is 0 Å². The van der Waals surface area contributed by atoms with Gasteiger partial charge in [-0.15, -0.1) is 0 Å². The standard InChI is InChI=1S/C8H9BrFNO2S/c1-2-11-14(12,13)8-4-3-6(9)5-7(8)10/h3-5,11H,2H2,1H3. The fourth-order valence-corrected chi connectivity index (χ4v) is 2.39. The summed E-state index contributed by atoms with van der Waals surface area (Å²) < 4.78 is 38.7. The molecule has 0 saturated heterocycles. The van der Waals surface area contributed by atoms with E-state index in [1.165, 1.54) is 12.1 Å². The van der Waals surface area contributed by atoms with Gasteiger partial charge in [-0.05, 0) is 18.2 Å². The first-order valence-corrected chi connectivity index (χ1v) is 6.19. The molecule has 3 nitrogen and oxygen atoms in total. The largest absolute Gasteiger partial charge is 0.243 e. The Bertz CT molecular complexity index is 433. The van der Waals surface area contributed by atoms with Crippen LogP contribution in [0.5, 0.6) is 0 Å². The normalized spacial score (nSPS) is 11.6. The summed E-state index contributed by atoms with van der Waals surface area (Å²) in [6, 6.07) is 3.81. The third-order valence-corrected chi connectivity index (χ3v) is 3.59. The minimum absolute atomic E-state index is 0.234. The van der Waals surface area contributed by atoms with Gasteiger partial charge >= 0.3 is 0 Å².